The van der Waals surface area contributed by atoms with Crippen LogP contribution in [-0.2, 0) is 16.3 Å². The van der Waals surface area contributed by atoms with E-state index in [0.717, 1.165) is 38.5 Å². The molecule has 0 atom stereocenters. The number of aromatic hydroxyl groups is 1. The van der Waals surface area contributed by atoms with Crippen molar-refractivity contribution < 1.29 is 19.1 Å². The number of aromatic nitrogens is 2. The van der Waals surface area contributed by atoms with Gasteiger partial charge < -0.3 is 19.2 Å². The molecule has 228 valence electrons. The van der Waals surface area contributed by atoms with Crippen LogP contribution in [0.25, 0.3) is 10.8 Å². The normalized spacial score (nSPS) is 15.2. The third kappa shape index (κ3) is 6.97. The van der Waals surface area contributed by atoms with Crippen LogP contribution < -0.4 is 4.74 Å². The highest BCUT2D eigenvalue weighted by Gasteiger charge is 2.39. The predicted molar refractivity (Wildman–Crippen MR) is 172 cm³/mol. The molecule has 1 saturated carbocycles. The smallest absolute Gasteiger partial charge is 0.276 e. The summed E-state index contributed by atoms with van der Waals surface area (Å²) in [4.78, 5) is 24.8. The zero-order chi connectivity index (χ0) is 30.5. The van der Waals surface area contributed by atoms with Crippen LogP contribution in [-0.4, -0.2) is 61.0 Å². The second kappa shape index (κ2) is 13.1. The van der Waals surface area contributed by atoms with Gasteiger partial charge in [-0.15, -0.1) is 0 Å². The molecule has 1 aliphatic rings. The van der Waals surface area contributed by atoms with E-state index in [-0.39, 0.29) is 33.7 Å². The van der Waals surface area contributed by atoms with Crippen molar-refractivity contribution >= 4 is 25.0 Å². The molecule has 42 heavy (non-hydrogen) atoms. The van der Waals surface area contributed by atoms with Crippen molar-refractivity contribution in [3.05, 3.63) is 59.5 Å². The Bertz CT molecular complexity index is 1370. The van der Waals surface area contributed by atoms with Gasteiger partial charge in [-0.25, -0.2) is 4.98 Å². The average molecular weight is 592 g/mol. The number of hydrogen-bond acceptors (Lipinski definition) is 6. The van der Waals surface area contributed by atoms with Crippen LogP contribution in [0.2, 0.25) is 18.1 Å². The molecule has 1 aliphatic carbocycles. The average Bonchev–Trinajstić information content (AvgIpc) is 3.41. The summed E-state index contributed by atoms with van der Waals surface area (Å²) in [6.07, 6.45) is 6.53. The summed E-state index contributed by atoms with van der Waals surface area (Å²) >= 11 is 0. The number of rotatable bonds is 12. The van der Waals surface area contributed by atoms with Crippen molar-refractivity contribution in [1.82, 2.24) is 14.9 Å². The first-order valence-electron chi connectivity index (χ1n) is 15.5. The summed E-state index contributed by atoms with van der Waals surface area (Å²) in [5.74, 6) is -0.0270. The number of unbranched alkanes of at least 4 members (excludes halogenated alkanes) is 1. The van der Waals surface area contributed by atoms with Gasteiger partial charge >= 0.3 is 0 Å². The number of benzene rings is 2. The van der Waals surface area contributed by atoms with Crippen molar-refractivity contribution in [3.63, 3.8) is 0 Å². The van der Waals surface area contributed by atoms with Crippen LogP contribution in [0.5, 0.6) is 11.6 Å². The molecule has 0 saturated heterocycles. The molecule has 1 amide bonds. The summed E-state index contributed by atoms with van der Waals surface area (Å²) < 4.78 is 12.3. The highest BCUT2D eigenvalue weighted by molar-refractivity contribution is 6.74. The van der Waals surface area contributed by atoms with Crippen molar-refractivity contribution in [2.24, 2.45) is 0 Å². The van der Waals surface area contributed by atoms with Crippen LogP contribution in [0, 0.1) is 0 Å². The van der Waals surface area contributed by atoms with Gasteiger partial charge in [0.2, 0.25) is 5.75 Å². The van der Waals surface area contributed by atoms with Gasteiger partial charge in [-0.3, -0.25) is 4.79 Å². The number of carbonyl (C=O) groups is 1. The number of carbonyl (C=O) groups excluding carboxylic acids is 1. The number of hydrogen-bond donors (Lipinski definition) is 1. The lowest BCUT2D eigenvalue weighted by molar-refractivity contribution is 0.0757. The van der Waals surface area contributed by atoms with Crippen molar-refractivity contribution in [1.29, 1.82) is 0 Å². The number of nitrogens with zero attached hydrogens (tertiary/aromatic N) is 3. The van der Waals surface area contributed by atoms with Gasteiger partial charge in [0, 0.05) is 25.4 Å². The summed E-state index contributed by atoms with van der Waals surface area (Å²) in [5, 5.41) is 13.6. The fraction of sp³-hybridized carbons (Fsp3) is 0.559. The minimum Gasteiger partial charge on any atom is -0.491 e. The van der Waals surface area contributed by atoms with Crippen molar-refractivity contribution in [2.45, 2.75) is 96.2 Å². The standard InChI is InChI=1S/C34H49N3O4Si/c1-8-9-22-40-30-29(32(39)37(5)21-23-41-42(6,7)33(2,3)4)35-28(36-31(30)38)24-34(19-12-13-20-34)27-18-14-16-25-15-10-11-17-26(25)27/h10-11,14-18H,8-9,12-13,19-24H2,1-7H3,(H,35,36,38). The lowest BCUT2D eigenvalue weighted by Gasteiger charge is -2.36. The molecule has 0 radical (unpaired) electrons. The molecule has 0 unspecified atom stereocenters. The number of amides is 1. The summed E-state index contributed by atoms with van der Waals surface area (Å²) in [7, 11) is -0.196. The maximum absolute atomic E-state index is 13.8. The van der Waals surface area contributed by atoms with Crippen LogP contribution in [0.1, 0.15) is 88.1 Å². The molecule has 3 aromatic rings. The summed E-state index contributed by atoms with van der Waals surface area (Å²) in [5.41, 5.74) is 1.24. The molecular formula is C34H49N3O4Si. The third-order valence-electron chi connectivity index (χ3n) is 9.30. The maximum atomic E-state index is 13.8. The van der Waals surface area contributed by atoms with Crippen LogP contribution in [0.3, 0.4) is 0 Å². The zero-order valence-corrected chi connectivity index (χ0v) is 27.6. The first-order valence-corrected chi connectivity index (χ1v) is 18.4. The molecular weight excluding hydrogens is 542 g/mol. The SMILES string of the molecule is CCCCOc1c(O)nc(CC2(c3cccc4ccccc34)CCCC2)nc1C(=O)N(C)CCO[Si](C)(C)C(C)(C)C. The van der Waals surface area contributed by atoms with Crippen molar-refractivity contribution in [3.8, 4) is 11.6 Å². The Morgan fingerprint density at radius 2 is 1.74 bits per heavy atom. The Balaban J connectivity index is 1.65. The number of likely N-dealkylation sites (N-methyl/N-ethyl adjacent to an activating group) is 1. The maximum Gasteiger partial charge on any atom is 0.276 e. The van der Waals surface area contributed by atoms with E-state index in [1.807, 2.05) is 0 Å². The highest BCUT2D eigenvalue weighted by atomic mass is 28.4. The lowest BCUT2D eigenvalue weighted by atomic mass is 9.74. The first kappa shape index (κ1) is 32.0. The van der Waals surface area contributed by atoms with Gasteiger partial charge in [-0.2, -0.15) is 4.98 Å². The van der Waals surface area contributed by atoms with Crippen LogP contribution in [0.15, 0.2) is 42.5 Å². The summed E-state index contributed by atoms with van der Waals surface area (Å²) in [6.45, 7) is 14.3. The first-order chi connectivity index (χ1) is 19.9. The Morgan fingerprint density at radius 1 is 1.05 bits per heavy atom. The van der Waals surface area contributed by atoms with E-state index in [4.69, 9.17) is 14.1 Å². The fourth-order valence-corrected chi connectivity index (χ4v) is 6.71. The van der Waals surface area contributed by atoms with Gasteiger partial charge in [0.25, 0.3) is 11.8 Å². The molecule has 0 aliphatic heterocycles. The predicted octanol–water partition coefficient (Wildman–Crippen LogP) is 7.66. The van der Waals surface area contributed by atoms with Crippen LogP contribution >= 0.6 is 0 Å². The minimum atomic E-state index is -1.95. The molecule has 2 aromatic carbocycles. The van der Waals surface area contributed by atoms with Gasteiger partial charge in [-0.1, -0.05) is 89.4 Å². The quantitative estimate of drug-likeness (QED) is 0.172. The minimum absolute atomic E-state index is 0.0694. The van der Waals surface area contributed by atoms with E-state index in [1.165, 1.54) is 16.3 Å². The van der Waals surface area contributed by atoms with E-state index in [1.54, 1.807) is 11.9 Å². The topological polar surface area (TPSA) is 84.8 Å². The largest absolute Gasteiger partial charge is 0.491 e. The second-order valence-corrected chi connectivity index (χ2v) is 18.2. The van der Waals surface area contributed by atoms with E-state index < -0.39 is 8.32 Å². The molecule has 0 bridgehead atoms. The molecule has 1 fully saturated rings. The Kier molecular flexibility index (Phi) is 9.98. The van der Waals surface area contributed by atoms with E-state index in [9.17, 15) is 9.90 Å². The second-order valence-electron chi connectivity index (χ2n) is 13.4. The molecule has 0 spiro atoms. The van der Waals surface area contributed by atoms with E-state index in [0.29, 0.717) is 32.0 Å². The van der Waals surface area contributed by atoms with E-state index in [2.05, 4.69) is 88.2 Å². The lowest BCUT2D eigenvalue weighted by Crippen LogP contribution is -2.43. The molecule has 4 rings (SSSR count). The molecule has 1 heterocycles. The third-order valence-corrected chi connectivity index (χ3v) is 13.8. The Morgan fingerprint density at radius 3 is 2.43 bits per heavy atom. The zero-order valence-electron chi connectivity index (χ0n) is 26.6. The number of fused-ring (bicyclic) bond motifs is 1. The molecule has 1 aromatic heterocycles. The highest BCUT2D eigenvalue weighted by Crippen LogP contribution is 2.46. The van der Waals surface area contributed by atoms with Gasteiger partial charge in [0.05, 0.1) is 13.2 Å². The van der Waals surface area contributed by atoms with Crippen molar-refractivity contribution in [2.75, 3.05) is 26.8 Å². The summed E-state index contributed by atoms with van der Waals surface area (Å²) in [6, 6.07) is 15.0. The molecule has 7 nitrogen and oxygen atoms in total. The fourth-order valence-electron chi connectivity index (χ4n) is 5.68. The van der Waals surface area contributed by atoms with Gasteiger partial charge in [0.1, 0.15) is 5.82 Å². The van der Waals surface area contributed by atoms with Crippen LogP contribution in [0.4, 0.5) is 0 Å². The Hall–Kier alpha value is -2.97. The molecule has 1 N–H and O–H groups in total. The number of ether oxygens (including phenoxy) is 1. The monoisotopic (exact) mass is 591 g/mol. The molecule has 8 heteroatoms. The van der Waals surface area contributed by atoms with Gasteiger partial charge in [-0.05, 0) is 53.7 Å². The van der Waals surface area contributed by atoms with E-state index >= 15 is 0 Å². The van der Waals surface area contributed by atoms with Gasteiger partial charge in [0.15, 0.2) is 14.0 Å². The Labute approximate surface area is 252 Å².